The van der Waals surface area contributed by atoms with Crippen molar-refractivity contribution in [1.82, 2.24) is 10.2 Å². The third-order valence-electron chi connectivity index (χ3n) is 3.96. The number of carbonyl (C=O) groups excluding carboxylic acids is 2. The first-order chi connectivity index (χ1) is 12.0. The topological polar surface area (TPSA) is 49.4 Å². The molecule has 5 heteroatoms. The van der Waals surface area contributed by atoms with Crippen LogP contribution in [0.4, 0.5) is 0 Å². The number of likely N-dealkylation sites (N-methyl/N-ethyl adjacent to an activating group) is 1. The predicted octanol–water partition coefficient (Wildman–Crippen LogP) is 3.55. The first-order valence-electron chi connectivity index (χ1n) is 8.36. The molecule has 2 aromatic carbocycles. The molecule has 25 heavy (non-hydrogen) atoms. The van der Waals surface area contributed by atoms with Gasteiger partial charge in [-0.15, -0.1) is 0 Å². The van der Waals surface area contributed by atoms with Gasteiger partial charge in [0, 0.05) is 17.6 Å². The van der Waals surface area contributed by atoms with Crippen molar-refractivity contribution in [2.24, 2.45) is 0 Å². The van der Waals surface area contributed by atoms with Crippen LogP contribution >= 0.6 is 15.9 Å². The molecule has 0 fully saturated rings. The quantitative estimate of drug-likeness (QED) is 0.769. The average molecular weight is 403 g/mol. The summed E-state index contributed by atoms with van der Waals surface area (Å²) in [6.45, 7) is 4.57. The molecule has 1 unspecified atom stereocenters. The second-order valence-corrected chi connectivity index (χ2v) is 6.80. The summed E-state index contributed by atoms with van der Waals surface area (Å²) in [5.41, 5.74) is 1.92. The van der Waals surface area contributed by atoms with Gasteiger partial charge in [-0.25, -0.2) is 0 Å². The maximum Gasteiger partial charge on any atom is 0.242 e. The fourth-order valence-corrected chi connectivity index (χ4v) is 3.06. The van der Waals surface area contributed by atoms with E-state index in [2.05, 4.69) is 21.2 Å². The van der Waals surface area contributed by atoms with Crippen LogP contribution in [0.3, 0.4) is 0 Å². The van der Waals surface area contributed by atoms with Gasteiger partial charge in [0.2, 0.25) is 11.8 Å². The minimum atomic E-state index is -0.532. The molecule has 0 saturated carbocycles. The summed E-state index contributed by atoms with van der Waals surface area (Å²) < 4.78 is 0.950. The highest BCUT2D eigenvalue weighted by molar-refractivity contribution is 9.10. The van der Waals surface area contributed by atoms with Crippen LogP contribution in [0, 0.1) is 0 Å². The molecule has 0 aliphatic carbocycles. The van der Waals surface area contributed by atoms with E-state index in [-0.39, 0.29) is 18.2 Å². The highest BCUT2D eigenvalue weighted by atomic mass is 79.9. The van der Waals surface area contributed by atoms with Gasteiger partial charge in [0.1, 0.15) is 6.04 Å². The van der Waals surface area contributed by atoms with Crippen molar-refractivity contribution < 1.29 is 9.59 Å². The Kier molecular flexibility index (Phi) is 7.19. The van der Waals surface area contributed by atoms with E-state index in [4.69, 9.17) is 0 Å². The zero-order chi connectivity index (χ0) is 18.2. The Morgan fingerprint density at radius 3 is 2.40 bits per heavy atom. The van der Waals surface area contributed by atoms with E-state index in [9.17, 15) is 9.59 Å². The van der Waals surface area contributed by atoms with Gasteiger partial charge in [-0.05, 0) is 37.1 Å². The van der Waals surface area contributed by atoms with Crippen LogP contribution in [0.2, 0.25) is 0 Å². The molecule has 0 saturated heterocycles. The first-order valence-corrected chi connectivity index (χ1v) is 9.16. The maximum absolute atomic E-state index is 12.9. The van der Waals surface area contributed by atoms with Crippen molar-refractivity contribution in [3.63, 3.8) is 0 Å². The third-order valence-corrected chi connectivity index (χ3v) is 4.45. The molecular weight excluding hydrogens is 380 g/mol. The molecule has 0 spiro atoms. The summed E-state index contributed by atoms with van der Waals surface area (Å²) in [6.07, 6.45) is 0.276. The van der Waals surface area contributed by atoms with Crippen LogP contribution < -0.4 is 5.32 Å². The predicted molar refractivity (Wildman–Crippen MR) is 103 cm³/mol. The van der Waals surface area contributed by atoms with Crippen LogP contribution in [0.15, 0.2) is 59.1 Å². The van der Waals surface area contributed by atoms with E-state index < -0.39 is 6.04 Å². The van der Waals surface area contributed by atoms with Crippen LogP contribution in [-0.4, -0.2) is 29.3 Å². The van der Waals surface area contributed by atoms with Crippen LogP contribution in [-0.2, 0) is 22.6 Å². The van der Waals surface area contributed by atoms with Crippen molar-refractivity contribution >= 4 is 27.7 Å². The Morgan fingerprint density at radius 1 is 1.08 bits per heavy atom. The summed E-state index contributed by atoms with van der Waals surface area (Å²) in [7, 11) is 0. The van der Waals surface area contributed by atoms with Crippen molar-refractivity contribution in [2.45, 2.75) is 32.9 Å². The highest BCUT2D eigenvalue weighted by Crippen LogP contribution is 2.16. The van der Waals surface area contributed by atoms with E-state index in [0.29, 0.717) is 13.1 Å². The largest absolute Gasteiger partial charge is 0.355 e. The van der Waals surface area contributed by atoms with Crippen LogP contribution in [0.1, 0.15) is 25.0 Å². The molecule has 0 aliphatic rings. The normalized spacial score (nSPS) is 11.6. The molecule has 0 bridgehead atoms. The lowest BCUT2D eigenvalue weighted by molar-refractivity contribution is -0.140. The third kappa shape index (κ3) is 5.71. The van der Waals surface area contributed by atoms with Crippen molar-refractivity contribution in [3.8, 4) is 0 Å². The summed E-state index contributed by atoms with van der Waals surface area (Å²) in [5.74, 6) is -0.205. The molecule has 2 rings (SSSR count). The number of hydrogen-bond donors (Lipinski definition) is 1. The van der Waals surface area contributed by atoms with E-state index >= 15 is 0 Å². The summed E-state index contributed by atoms with van der Waals surface area (Å²) in [5, 5.41) is 2.80. The Labute approximate surface area is 157 Å². The molecule has 0 aromatic heterocycles. The van der Waals surface area contributed by atoms with Gasteiger partial charge in [0.15, 0.2) is 0 Å². The van der Waals surface area contributed by atoms with Gasteiger partial charge in [-0.1, -0.05) is 58.4 Å². The lowest BCUT2D eigenvalue weighted by atomic mass is 10.1. The van der Waals surface area contributed by atoms with Gasteiger partial charge in [-0.2, -0.15) is 0 Å². The number of rotatable bonds is 7. The Morgan fingerprint density at radius 2 is 1.76 bits per heavy atom. The molecule has 0 radical (unpaired) electrons. The Balaban J connectivity index is 2.21. The lowest BCUT2D eigenvalue weighted by Gasteiger charge is -2.29. The Hall–Kier alpha value is -2.14. The van der Waals surface area contributed by atoms with Gasteiger partial charge in [0.05, 0.1) is 6.42 Å². The van der Waals surface area contributed by atoms with Crippen molar-refractivity contribution in [3.05, 3.63) is 70.2 Å². The smallest absolute Gasteiger partial charge is 0.242 e. The molecule has 2 aromatic rings. The van der Waals surface area contributed by atoms with Crippen molar-refractivity contribution in [2.75, 3.05) is 6.54 Å². The molecule has 4 nitrogen and oxygen atoms in total. The second-order valence-electron chi connectivity index (χ2n) is 5.88. The molecule has 132 valence electrons. The van der Waals surface area contributed by atoms with E-state index in [0.717, 1.165) is 15.6 Å². The minimum absolute atomic E-state index is 0.0649. The molecule has 2 amide bonds. The molecule has 0 heterocycles. The maximum atomic E-state index is 12.9. The number of amides is 2. The van der Waals surface area contributed by atoms with Crippen LogP contribution in [0.5, 0.6) is 0 Å². The van der Waals surface area contributed by atoms with E-state index in [1.54, 1.807) is 11.8 Å². The number of halogens is 1. The summed E-state index contributed by atoms with van der Waals surface area (Å²) in [6, 6.07) is 16.8. The Bertz CT molecular complexity index is 719. The van der Waals surface area contributed by atoms with E-state index in [1.165, 1.54) is 0 Å². The monoisotopic (exact) mass is 402 g/mol. The number of hydrogen-bond acceptors (Lipinski definition) is 2. The average Bonchev–Trinajstić information content (AvgIpc) is 2.60. The summed E-state index contributed by atoms with van der Waals surface area (Å²) >= 11 is 3.45. The van der Waals surface area contributed by atoms with Gasteiger partial charge < -0.3 is 10.2 Å². The fourth-order valence-electron chi connectivity index (χ4n) is 2.61. The molecule has 1 N–H and O–H groups in total. The van der Waals surface area contributed by atoms with Gasteiger partial charge in [-0.3, -0.25) is 9.59 Å². The number of carbonyl (C=O) groups is 2. The van der Waals surface area contributed by atoms with Gasteiger partial charge >= 0.3 is 0 Å². The molecular formula is C20H23BrN2O2. The van der Waals surface area contributed by atoms with Crippen LogP contribution in [0.25, 0.3) is 0 Å². The summed E-state index contributed by atoms with van der Waals surface area (Å²) in [4.78, 5) is 26.8. The number of benzene rings is 2. The SMILES string of the molecule is CCNC(=O)C(C)N(Cc1cccc(Br)c1)C(=O)Cc1ccccc1. The number of nitrogens with zero attached hydrogens (tertiary/aromatic N) is 1. The minimum Gasteiger partial charge on any atom is -0.355 e. The molecule has 0 aliphatic heterocycles. The zero-order valence-electron chi connectivity index (χ0n) is 14.5. The van der Waals surface area contributed by atoms with Crippen molar-refractivity contribution in [1.29, 1.82) is 0 Å². The second kappa shape index (κ2) is 9.37. The standard InChI is InChI=1S/C20H23BrN2O2/c1-3-22-20(25)15(2)23(14-17-10-7-11-18(21)12-17)19(24)13-16-8-5-4-6-9-16/h4-12,15H,3,13-14H2,1-2H3,(H,22,25). The lowest BCUT2D eigenvalue weighted by Crippen LogP contribution is -2.48. The molecule has 1 atom stereocenters. The first kappa shape index (κ1) is 19.2. The van der Waals surface area contributed by atoms with Gasteiger partial charge in [0.25, 0.3) is 0 Å². The highest BCUT2D eigenvalue weighted by Gasteiger charge is 2.25. The van der Waals surface area contributed by atoms with E-state index in [1.807, 2.05) is 61.5 Å². The number of nitrogens with one attached hydrogen (secondary N) is 1. The fraction of sp³-hybridized carbons (Fsp3) is 0.300. The zero-order valence-corrected chi connectivity index (χ0v) is 16.1.